The predicted octanol–water partition coefficient (Wildman–Crippen LogP) is -0.350. The minimum absolute atomic E-state index is 0. The lowest BCUT2D eigenvalue weighted by Crippen LogP contribution is -1.82. The molecule has 0 aromatic rings. The van der Waals surface area contributed by atoms with Gasteiger partial charge >= 0.3 is 7.60 Å². The molecule has 0 spiro atoms. The third-order valence-electron chi connectivity index (χ3n) is 0.663. The molecule has 0 aliphatic heterocycles. The van der Waals surface area contributed by atoms with E-state index in [0.29, 0.717) is 0 Å². The zero-order valence-corrected chi connectivity index (χ0v) is 5.57. The summed E-state index contributed by atoms with van der Waals surface area (Å²) in [5.74, 6) is 0. The molecule has 0 atom stereocenters. The molecule has 0 amide bonds. The summed E-state index contributed by atoms with van der Waals surface area (Å²) in [7, 11) is 0.0486. The van der Waals surface area contributed by atoms with Gasteiger partial charge in [0.2, 0.25) is 0 Å². The Bertz CT molecular complexity index is 86.5. The molecule has 8 heavy (non-hydrogen) atoms. The van der Waals surface area contributed by atoms with Gasteiger partial charge in [0.1, 0.15) is 0 Å². The minimum atomic E-state index is -2.65. The SMILES string of the molecule is COP(C)(=O)OC.[SiH4]. The van der Waals surface area contributed by atoms with Gasteiger partial charge in [0.25, 0.3) is 0 Å². The maximum atomic E-state index is 10.5. The highest BCUT2D eigenvalue weighted by Gasteiger charge is 2.08. The average molecular weight is 156 g/mol. The van der Waals surface area contributed by atoms with Crippen molar-refractivity contribution in [1.82, 2.24) is 0 Å². The van der Waals surface area contributed by atoms with E-state index in [0.717, 1.165) is 0 Å². The highest BCUT2D eigenvalue weighted by atomic mass is 31.2. The van der Waals surface area contributed by atoms with Crippen molar-refractivity contribution in [2.24, 2.45) is 0 Å². The molecular weight excluding hydrogens is 143 g/mol. The second kappa shape index (κ2) is 4.27. The zero-order chi connectivity index (χ0) is 5.91. The van der Waals surface area contributed by atoms with Gasteiger partial charge in [-0.1, -0.05) is 0 Å². The van der Waals surface area contributed by atoms with Crippen molar-refractivity contribution in [3.63, 3.8) is 0 Å². The van der Waals surface area contributed by atoms with Crippen LogP contribution in [0.2, 0.25) is 0 Å². The van der Waals surface area contributed by atoms with Crippen LogP contribution in [0, 0.1) is 0 Å². The van der Waals surface area contributed by atoms with Gasteiger partial charge in [-0.3, -0.25) is 4.57 Å². The standard InChI is InChI=1S/C3H9O3P.H4Si/c1-5-7(3,4)6-2;/h1-3H3;1H4. The lowest BCUT2D eigenvalue weighted by Gasteiger charge is -2.04. The molecule has 0 bridgehead atoms. The molecule has 52 valence electrons. The Balaban J connectivity index is 0. The third kappa shape index (κ3) is 4.52. The highest BCUT2D eigenvalue weighted by molar-refractivity contribution is 7.52. The van der Waals surface area contributed by atoms with Gasteiger partial charge < -0.3 is 9.05 Å². The monoisotopic (exact) mass is 156 g/mol. The van der Waals surface area contributed by atoms with Crippen LogP contribution in [-0.4, -0.2) is 31.8 Å². The molecule has 0 saturated carbocycles. The van der Waals surface area contributed by atoms with Gasteiger partial charge in [-0.2, -0.15) is 0 Å². The van der Waals surface area contributed by atoms with Crippen LogP contribution in [0.25, 0.3) is 0 Å². The van der Waals surface area contributed by atoms with Crippen molar-refractivity contribution >= 4 is 18.6 Å². The van der Waals surface area contributed by atoms with E-state index in [9.17, 15) is 4.57 Å². The molecule has 3 nitrogen and oxygen atoms in total. The van der Waals surface area contributed by atoms with E-state index in [1.165, 1.54) is 20.9 Å². The van der Waals surface area contributed by atoms with E-state index in [2.05, 4.69) is 9.05 Å². The van der Waals surface area contributed by atoms with Gasteiger partial charge in [0, 0.05) is 20.9 Å². The molecule has 0 rings (SSSR count). The van der Waals surface area contributed by atoms with Gasteiger partial charge in [-0.05, 0) is 11.0 Å². The first-order chi connectivity index (χ1) is 3.12. The minimum Gasteiger partial charge on any atom is -0.312 e. The summed E-state index contributed by atoms with van der Waals surface area (Å²) in [6.07, 6.45) is 0. The van der Waals surface area contributed by atoms with E-state index in [4.69, 9.17) is 0 Å². The summed E-state index contributed by atoms with van der Waals surface area (Å²) >= 11 is 0. The van der Waals surface area contributed by atoms with Crippen molar-refractivity contribution in [2.45, 2.75) is 0 Å². The molecule has 0 saturated heterocycles. The third-order valence-corrected chi connectivity index (χ3v) is 1.99. The van der Waals surface area contributed by atoms with E-state index >= 15 is 0 Å². The molecule has 0 fully saturated rings. The number of rotatable bonds is 2. The Labute approximate surface area is 53.9 Å². The Morgan fingerprint density at radius 3 is 1.50 bits per heavy atom. The van der Waals surface area contributed by atoms with Crippen molar-refractivity contribution in [2.75, 3.05) is 20.9 Å². The van der Waals surface area contributed by atoms with Gasteiger partial charge in [0.05, 0.1) is 0 Å². The van der Waals surface area contributed by atoms with Crippen LogP contribution < -0.4 is 0 Å². The molecule has 0 aromatic carbocycles. The first-order valence-corrected chi connectivity index (χ1v) is 3.80. The van der Waals surface area contributed by atoms with Crippen molar-refractivity contribution < 1.29 is 13.6 Å². The normalized spacial score (nSPS) is 10.4. The lowest BCUT2D eigenvalue weighted by molar-refractivity contribution is 0.282. The first kappa shape index (κ1) is 11.2. The van der Waals surface area contributed by atoms with Crippen LogP contribution in [0.4, 0.5) is 0 Å². The van der Waals surface area contributed by atoms with Crippen LogP contribution in [0.3, 0.4) is 0 Å². The van der Waals surface area contributed by atoms with Crippen LogP contribution in [0.1, 0.15) is 0 Å². The molecule has 0 aliphatic rings. The lowest BCUT2D eigenvalue weighted by atomic mass is 11.8. The Kier molecular flexibility index (Phi) is 5.97. The van der Waals surface area contributed by atoms with Gasteiger partial charge in [-0.15, -0.1) is 0 Å². The first-order valence-electron chi connectivity index (χ1n) is 1.81. The Morgan fingerprint density at radius 2 is 1.50 bits per heavy atom. The summed E-state index contributed by atoms with van der Waals surface area (Å²) in [5, 5.41) is 0. The summed E-state index contributed by atoms with van der Waals surface area (Å²) in [4.78, 5) is 0. The fourth-order valence-electron chi connectivity index (χ4n) is 0.0745. The van der Waals surface area contributed by atoms with E-state index in [1.54, 1.807) is 0 Å². The van der Waals surface area contributed by atoms with E-state index < -0.39 is 7.60 Å². The fraction of sp³-hybridized carbons (Fsp3) is 1.00. The fourth-order valence-corrected chi connectivity index (χ4v) is 0.224. The number of hydrogen-bond acceptors (Lipinski definition) is 3. The van der Waals surface area contributed by atoms with E-state index in [-0.39, 0.29) is 11.0 Å². The summed E-state index contributed by atoms with van der Waals surface area (Å²) in [5.41, 5.74) is 0. The molecule has 0 unspecified atom stereocenters. The summed E-state index contributed by atoms with van der Waals surface area (Å²) in [6.45, 7) is 1.41. The largest absolute Gasteiger partial charge is 0.327 e. The highest BCUT2D eigenvalue weighted by Crippen LogP contribution is 2.40. The Hall–Kier alpha value is 0.367. The Morgan fingerprint density at radius 1 is 1.25 bits per heavy atom. The molecular formula is C3H13O3PSi. The second-order valence-electron chi connectivity index (χ2n) is 1.14. The van der Waals surface area contributed by atoms with Gasteiger partial charge in [-0.25, -0.2) is 0 Å². The quantitative estimate of drug-likeness (QED) is 0.405. The second-order valence-corrected chi connectivity index (χ2v) is 3.41. The summed E-state index contributed by atoms with van der Waals surface area (Å²) in [6, 6.07) is 0. The molecule has 0 radical (unpaired) electrons. The van der Waals surface area contributed by atoms with Crippen LogP contribution in [0.15, 0.2) is 0 Å². The van der Waals surface area contributed by atoms with E-state index in [1.807, 2.05) is 0 Å². The molecule has 0 aromatic heterocycles. The number of hydrogen-bond donors (Lipinski definition) is 0. The average Bonchev–Trinajstić information content (AvgIpc) is 1.68. The smallest absolute Gasteiger partial charge is 0.312 e. The zero-order valence-electron chi connectivity index (χ0n) is 4.67. The van der Waals surface area contributed by atoms with Crippen LogP contribution in [-0.2, 0) is 13.6 Å². The molecule has 0 heterocycles. The molecule has 0 aliphatic carbocycles. The summed E-state index contributed by atoms with van der Waals surface area (Å²) < 4.78 is 19.3. The van der Waals surface area contributed by atoms with Crippen molar-refractivity contribution in [1.29, 1.82) is 0 Å². The molecule has 5 heteroatoms. The molecule has 0 N–H and O–H groups in total. The topological polar surface area (TPSA) is 35.5 Å². The van der Waals surface area contributed by atoms with Crippen LogP contribution >= 0.6 is 7.60 Å². The maximum Gasteiger partial charge on any atom is 0.327 e. The predicted molar refractivity (Wildman–Crippen MR) is 38.9 cm³/mol. The van der Waals surface area contributed by atoms with Crippen LogP contribution in [0.5, 0.6) is 0 Å². The van der Waals surface area contributed by atoms with Crippen molar-refractivity contribution in [3.8, 4) is 0 Å². The van der Waals surface area contributed by atoms with Gasteiger partial charge in [0.15, 0.2) is 0 Å². The van der Waals surface area contributed by atoms with Crippen molar-refractivity contribution in [3.05, 3.63) is 0 Å². The maximum absolute atomic E-state index is 10.5.